The first-order valence-electron chi connectivity index (χ1n) is 8.61. The van der Waals surface area contributed by atoms with Gasteiger partial charge in [-0.3, -0.25) is 4.68 Å². The van der Waals surface area contributed by atoms with Crippen molar-refractivity contribution >= 4 is 17.0 Å². The summed E-state index contributed by atoms with van der Waals surface area (Å²) in [6.45, 7) is 5.10. The van der Waals surface area contributed by atoms with E-state index in [9.17, 15) is 0 Å². The fourth-order valence-corrected chi connectivity index (χ4v) is 3.38. The Hall–Kier alpha value is -2.51. The van der Waals surface area contributed by atoms with Gasteiger partial charge in [0.25, 0.3) is 0 Å². The van der Waals surface area contributed by atoms with Crippen molar-refractivity contribution in [3.63, 3.8) is 0 Å². The number of piperidine rings is 1. The molecule has 0 aromatic carbocycles. The summed E-state index contributed by atoms with van der Waals surface area (Å²) < 4.78 is 2.00. The lowest BCUT2D eigenvalue weighted by atomic mass is 9.97. The molecule has 1 fully saturated rings. The van der Waals surface area contributed by atoms with Crippen LogP contribution in [0.3, 0.4) is 0 Å². The van der Waals surface area contributed by atoms with Crippen LogP contribution in [0.2, 0.25) is 0 Å². The molecule has 0 amide bonds. The Bertz CT molecular complexity index is 799. The molecular weight excluding hydrogens is 304 g/mol. The van der Waals surface area contributed by atoms with E-state index >= 15 is 0 Å². The fraction of sp³-hybridized carbons (Fsp3) is 0.562. The van der Waals surface area contributed by atoms with Gasteiger partial charge in [0.1, 0.15) is 11.8 Å². The van der Waals surface area contributed by atoms with Crippen LogP contribution in [-0.2, 0) is 13.0 Å². The number of aromatic nitrogens is 7. The number of hydrogen-bond donors (Lipinski definition) is 1. The summed E-state index contributed by atoms with van der Waals surface area (Å²) in [6, 6.07) is 0. The fourth-order valence-electron chi connectivity index (χ4n) is 3.38. The molecule has 1 N–H and O–H groups in total. The summed E-state index contributed by atoms with van der Waals surface area (Å²) in [5.74, 6) is 1.60. The Balaban J connectivity index is 1.38. The molecule has 1 aliphatic rings. The van der Waals surface area contributed by atoms with Crippen LogP contribution in [0.5, 0.6) is 0 Å². The van der Waals surface area contributed by atoms with Gasteiger partial charge in [0.2, 0.25) is 0 Å². The minimum atomic E-state index is 0.636. The smallest absolute Gasteiger partial charge is 0.182 e. The van der Waals surface area contributed by atoms with Crippen LogP contribution in [0.4, 0.5) is 5.82 Å². The van der Waals surface area contributed by atoms with Crippen molar-refractivity contribution in [1.29, 1.82) is 0 Å². The number of nitrogens with one attached hydrogen (secondary N) is 1. The minimum absolute atomic E-state index is 0.636. The SMILES string of the molecule is CCCc1cn(CC2CCN(c3ncnc4nc[nH]c34)CC2)nn1. The zero-order valence-electron chi connectivity index (χ0n) is 13.9. The number of imidazole rings is 1. The second kappa shape index (κ2) is 6.54. The van der Waals surface area contributed by atoms with Gasteiger partial charge in [0.05, 0.1) is 12.0 Å². The molecule has 126 valence electrons. The molecule has 0 spiro atoms. The van der Waals surface area contributed by atoms with Gasteiger partial charge in [-0.15, -0.1) is 5.10 Å². The van der Waals surface area contributed by atoms with Crippen LogP contribution < -0.4 is 4.90 Å². The molecule has 0 aliphatic carbocycles. The van der Waals surface area contributed by atoms with Crippen molar-refractivity contribution in [2.45, 2.75) is 39.2 Å². The molecule has 0 saturated carbocycles. The van der Waals surface area contributed by atoms with E-state index in [1.54, 1.807) is 12.7 Å². The van der Waals surface area contributed by atoms with Crippen LogP contribution in [0.25, 0.3) is 11.2 Å². The minimum Gasteiger partial charge on any atom is -0.355 e. The molecule has 0 atom stereocenters. The quantitative estimate of drug-likeness (QED) is 0.769. The van der Waals surface area contributed by atoms with E-state index in [0.717, 1.165) is 68.0 Å². The maximum Gasteiger partial charge on any atom is 0.182 e. The first kappa shape index (κ1) is 15.0. The number of H-pyrrole nitrogens is 1. The normalized spacial score (nSPS) is 16.1. The van der Waals surface area contributed by atoms with Crippen molar-refractivity contribution in [2.75, 3.05) is 18.0 Å². The monoisotopic (exact) mass is 326 g/mol. The van der Waals surface area contributed by atoms with Crippen LogP contribution in [0.1, 0.15) is 31.9 Å². The summed E-state index contributed by atoms with van der Waals surface area (Å²) in [5.41, 5.74) is 2.75. The lowest BCUT2D eigenvalue weighted by Gasteiger charge is -2.32. The van der Waals surface area contributed by atoms with Gasteiger partial charge in [-0.05, 0) is 25.2 Å². The summed E-state index contributed by atoms with van der Waals surface area (Å²) in [5, 5.41) is 8.50. The number of fused-ring (bicyclic) bond motifs is 1. The van der Waals surface area contributed by atoms with Crippen molar-refractivity contribution < 1.29 is 0 Å². The molecule has 4 heterocycles. The van der Waals surface area contributed by atoms with Gasteiger partial charge in [0, 0.05) is 25.8 Å². The lowest BCUT2D eigenvalue weighted by Crippen LogP contribution is -2.35. The highest BCUT2D eigenvalue weighted by atomic mass is 15.4. The largest absolute Gasteiger partial charge is 0.355 e. The van der Waals surface area contributed by atoms with Gasteiger partial charge >= 0.3 is 0 Å². The van der Waals surface area contributed by atoms with E-state index in [1.165, 1.54) is 0 Å². The Morgan fingerprint density at radius 3 is 2.92 bits per heavy atom. The van der Waals surface area contributed by atoms with Crippen molar-refractivity contribution in [2.24, 2.45) is 5.92 Å². The van der Waals surface area contributed by atoms with Crippen LogP contribution in [0, 0.1) is 5.92 Å². The van der Waals surface area contributed by atoms with Crippen molar-refractivity contribution in [1.82, 2.24) is 34.9 Å². The second-order valence-electron chi connectivity index (χ2n) is 6.41. The maximum atomic E-state index is 4.45. The van der Waals surface area contributed by atoms with E-state index in [-0.39, 0.29) is 0 Å². The van der Waals surface area contributed by atoms with Crippen molar-refractivity contribution in [3.8, 4) is 0 Å². The zero-order chi connectivity index (χ0) is 16.4. The summed E-state index contributed by atoms with van der Waals surface area (Å²) in [4.78, 5) is 18.3. The van der Waals surface area contributed by atoms with Crippen molar-refractivity contribution in [3.05, 3.63) is 24.5 Å². The Labute approximate surface area is 140 Å². The number of rotatable bonds is 5. The molecule has 0 unspecified atom stereocenters. The summed E-state index contributed by atoms with van der Waals surface area (Å²) >= 11 is 0. The van der Waals surface area contributed by atoms with Crippen LogP contribution in [0.15, 0.2) is 18.9 Å². The summed E-state index contributed by atoms with van der Waals surface area (Å²) in [7, 11) is 0. The highest BCUT2D eigenvalue weighted by molar-refractivity contribution is 5.82. The molecule has 8 heteroatoms. The van der Waals surface area contributed by atoms with Gasteiger partial charge in [-0.25, -0.2) is 15.0 Å². The molecule has 0 radical (unpaired) electrons. The third-order valence-corrected chi connectivity index (χ3v) is 4.65. The average molecular weight is 326 g/mol. The molecular formula is C16H22N8. The molecule has 3 aromatic heterocycles. The van der Waals surface area contributed by atoms with E-state index in [2.05, 4.69) is 48.3 Å². The predicted molar refractivity (Wildman–Crippen MR) is 90.6 cm³/mol. The molecule has 0 bridgehead atoms. The second-order valence-corrected chi connectivity index (χ2v) is 6.41. The zero-order valence-corrected chi connectivity index (χ0v) is 13.9. The first-order chi connectivity index (χ1) is 11.8. The predicted octanol–water partition coefficient (Wildman–Crippen LogP) is 1.81. The highest BCUT2D eigenvalue weighted by Gasteiger charge is 2.23. The average Bonchev–Trinajstić information content (AvgIpc) is 3.25. The topological polar surface area (TPSA) is 88.4 Å². The standard InChI is InChI=1S/C16H22N8/c1-2-3-13-9-24(22-21-13)8-12-4-6-23(7-5-12)16-14-15(18-10-17-14)19-11-20-16/h9-12H,2-8H2,1H3,(H,17,18,19,20). The number of anilines is 1. The molecule has 24 heavy (non-hydrogen) atoms. The number of aryl methyl sites for hydroxylation is 1. The highest BCUT2D eigenvalue weighted by Crippen LogP contribution is 2.26. The lowest BCUT2D eigenvalue weighted by molar-refractivity contribution is 0.338. The van der Waals surface area contributed by atoms with Gasteiger partial charge in [-0.1, -0.05) is 18.6 Å². The molecule has 3 aromatic rings. The van der Waals surface area contributed by atoms with E-state index in [1.807, 2.05) is 4.68 Å². The molecule has 1 aliphatic heterocycles. The van der Waals surface area contributed by atoms with Gasteiger partial charge in [0.15, 0.2) is 11.5 Å². The Kier molecular flexibility index (Phi) is 4.10. The number of nitrogens with zero attached hydrogens (tertiary/aromatic N) is 7. The molecule has 1 saturated heterocycles. The number of aromatic amines is 1. The third kappa shape index (κ3) is 2.95. The van der Waals surface area contributed by atoms with Crippen LogP contribution in [-0.4, -0.2) is 48.0 Å². The maximum absolute atomic E-state index is 4.45. The summed E-state index contributed by atoms with van der Waals surface area (Å²) in [6.07, 6.45) is 9.73. The van der Waals surface area contributed by atoms with E-state index < -0.39 is 0 Å². The molecule has 8 nitrogen and oxygen atoms in total. The first-order valence-corrected chi connectivity index (χ1v) is 8.61. The van der Waals surface area contributed by atoms with Crippen LogP contribution >= 0.6 is 0 Å². The number of hydrogen-bond acceptors (Lipinski definition) is 6. The van der Waals surface area contributed by atoms with E-state index in [4.69, 9.17) is 0 Å². The third-order valence-electron chi connectivity index (χ3n) is 4.65. The molecule has 4 rings (SSSR count). The Morgan fingerprint density at radius 1 is 1.21 bits per heavy atom. The van der Waals surface area contributed by atoms with Gasteiger partial charge in [-0.2, -0.15) is 0 Å². The van der Waals surface area contributed by atoms with E-state index in [0.29, 0.717) is 5.92 Å². The Morgan fingerprint density at radius 2 is 2.08 bits per heavy atom. The van der Waals surface area contributed by atoms with Gasteiger partial charge < -0.3 is 9.88 Å².